The number of aromatic carboxylic acids is 1. The van der Waals surface area contributed by atoms with Crippen molar-refractivity contribution in [1.82, 2.24) is 0 Å². The Bertz CT molecular complexity index is 406. The molecule has 0 aromatic heterocycles. The van der Waals surface area contributed by atoms with Crippen LogP contribution in [-0.2, 0) is 0 Å². The number of carboxylic acids is 1. The molecule has 0 aliphatic heterocycles. The van der Waals surface area contributed by atoms with Crippen molar-refractivity contribution >= 4 is 23.3 Å². The van der Waals surface area contributed by atoms with Gasteiger partial charge in [-0.1, -0.05) is 18.2 Å². The first-order valence-electron chi connectivity index (χ1n) is 4.10. The molecule has 0 aliphatic carbocycles. The van der Waals surface area contributed by atoms with Crippen LogP contribution in [0.25, 0.3) is 0 Å². The average Bonchev–Trinajstić information content (AvgIpc) is 2.15. The highest BCUT2D eigenvalue weighted by atomic mass is 35.5. The van der Waals surface area contributed by atoms with Crippen LogP contribution in [0.2, 0.25) is 0 Å². The van der Waals surface area contributed by atoms with Crippen molar-refractivity contribution in [1.29, 1.82) is 0 Å². The molecule has 0 radical (unpaired) electrons. The minimum absolute atomic E-state index is 0.132. The minimum atomic E-state index is -1.20. The molecule has 0 fully saturated rings. The van der Waals surface area contributed by atoms with E-state index in [0.717, 1.165) is 6.07 Å². The third-order valence-electron chi connectivity index (χ3n) is 1.68. The predicted molar refractivity (Wildman–Crippen MR) is 56.8 cm³/mol. The van der Waals surface area contributed by atoms with E-state index in [1.807, 2.05) is 0 Å². The Morgan fingerprint density at radius 2 is 2.27 bits per heavy atom. The lowest BCUT2D eigenvalue weighted by Crippen LogP contribution is -2.07. The first-order valence-corrected chi connectivity index (χ1v) is 4.48. The summed E-state index contributed by atoms with van der Waals surface area (Å²) in [5.41, 5.74) is 0.179. The molecule has 0 saturated carbocycles. The number of carboxylic acid groups (broad SMARTS) is 1. The molecule has 1 aromatic carbocycles. The van der Waals surface area contributed by atoms with Gasteiger partial charge < -0.3 is 10.4 Å². The molecular weight excluding hydrogens is 221 g/mol. The van der Waals surface area contributed by atoms with Crippen molar-refractivity contribution in [2.75, 3.05) is 11.9 Å². The van der Waals surface area contributed by atoms with Crippen LogP contribution >= 0.6 is 11.6 Å². The Labute approximate surface area is 91.2 Å². The second kappa shape index (κ2) is 4.79. The zero-order valence-electron chi connectivity index (χ0n) is 7.76. The highest BCUT2D eigenvalue weighted by Crippen LogP contribution is 2.17. The van der Waals surface area contributed by atoms with Gasteiger partial charge in [0.2, 0.25) is 0 Å². The molecule has 5 heteroatoms. The van der Waals surface area contributed by atoms with Gasteiger partial charge in [-0.05, 0) is 18.2 Å². The maximum absolute atomic E-state index is 12.8. The summed E-state index contributed by atoms with van der Waals surface area (Å²) in [4.78, 5) is 10.8. The van der Waals surface area contributed by atoms with Crippen LogP contribution in [0.4, 0.5) is 10.1 Å². The van der Waals surface area contributed by atoms with E-state index in [9.17, 15) is 9.18 Å². The second-order valence-electron chi connectivity index (χ2n) is 2.87. The van der Waals surface area contributed by atoms with Crippen LogP contribution in [0.15, 0.2) is 29.8 Å². The highest BCUT2D eigenvalue weighted by Gasteiger charge is 2.10. The molecule has 1 aromatic rings. The predicted octanol–water partition coefficient (Wildman–Crippen LogP) is 2.69. The second-order valence-corrected chi connectivity index (χ2v) is 3.40. The van der Waals surface area contributed by atoms with Crippen LogP contribution in [0.5, 0.6) is 0 Å². The summed E-state index contributed by atoms with van der Waals surface area (Å²) in [7, 11) is 0. The Balaban J connectivity index is 2.95. The van der Waals surface area contributed by atoms with Gasteiger partial charge in [0.1, 0.15) is 5.82 Å². The number of halogens is 2. The van der Waals surface area contributed by atoms with Gasteiger partial charge >= 0.3 is 5.97 Å². The quantitative estimate of drug-likeness (QED) is 0.835. The lowest BCUT2D eigenvalue weighted by Gasteiger charge is -2.08. The van der Waals surface area contributed by atoms with Crippen molar-refractivity contribution in [3.8, 4) is 0 Å². The fraction of sp³-hybridized carbons (Fsp3) is 0.100. The molecule has 0 amide bonds. The molecular formula is C10H9ClFNO2. The first kappa shape index (κ1) is 11.5. The number of rotatable bonds is 4. The van der Waals surface area contributed by atoms with Crippen LogP contribution in [0.1, 0.15) is 10.4 Å². The summed E-state index contributed by atoms with van der Waals surface area (Å²) in [5, 5.41) is 11.9. The summed E-state index contributed by atoms with van der Waals surface area (Å²) in [6.45, 7) is 3.67. The Morgan fingerprint density at radius 3 is 2.80 bits per heavy atom. The van der Waals surface area contributed by atoms with Gasteiger partial charge in [0.15, 0.2) is 0 Å². The van der Waals surface area contributed by atoms with Crippen LogP contribution in [0.3, 0.4) is 0 Å². The molecule has 1 rings (SSSR count). The topological polar surface area (TPSA) is 49.3 Å². The third kappa shape index (κ3) is 3.25. The van der Waals surface area contributed by atoms with E-state index in [0.29, 0.717) is 10.7 Å². The van der Waals surface area contributed by atoms with Gasteiger partial charge in [-0.3, -0.25) is 0 Å². The number of nitrogens with one attached hydrogen (secondary N) is 1. The molecule has 0 bridgehead atoms. The molecule has 0 unspecified atom stereocenters. The number of benzene rings is 1. The van der Waals surface area contributed by atoms with E-state index in [2.05, 4.69) is 11.9 Å². The van der Waals surface area contributed by atoms with Crippen molar-refractivity contribution in [3.05, 3.63) is 41.2 Å². The molecule has 15 heavy (non-hydrogen) atoms. The van der Waals surface area contributed by atoms with Gasteiger partial charge in [0.05, 0.1) is 12.1 Å². The molecule has 0 atom stereocenters. The zero-order chi connectivity index (χ0) is 11.4. The molecule has 0 spiro atoms. The fourth-order valence-electron chi connectivity index (χ4n) is 1.04. The van der Waals surface area contributed by atoms with Crippen LogP contribution < -0.4 is 5.32 Å². The lowest BCUT2D eigenvalue weighted by molar-refractivity contribution is 0.0697. The van der Waals surface area contributed by atoms with Gasteiger partial charge in [0, 0.05) is 10.7 Å². The van der Waals surface area contributed by atoms with E-state index in [-0.39, 0.29) is 12.1 Å². The SMILES string of the molecule is C=C(Cl)CNc1ccc(F)cc1C(=O)O. The largest absolute Gasteiger partial charge is 0.478 e. The maximum atomic E-state index is 12.8. The van der Waals surface area contributed by atoms with Crippen molar-refractivity contribution < 1.29 is 14.3 Å². The third-order valence-corrected chi connectivity index (χ3v) is 1.82. The first-order chi connectivity index (χ1) is 7.00. The number of hydrogen-bond acceptors (Lipinski definition) is 2. The fourth-order valence-corrected chi connectivity index (χ4v) is 1.11. The number of anilines is 1. The molecule has 3 nitrogen and oxygen atoms in total. The summed E-state index contributed by atoms with van der Waals surface area (Å²) < 4.78 is 12.8. The Kier molecular flexibility index (Phi) is 3.68. The Hall–Kier alpha value is -1.55. The zero-order valence-corrected chi connectivity index (χ0v) is 8.51. The Morgan fingerprint density at radius 1 is 1.60 bits per heavy atom. The minimum Gasteiger partial charge on any atom is -0.478 e. The standard InChI is InChI=1S/C10H9ClFNO2/c1-6(11)5-13-9-3-2-7(12)4-8(9)10(14)15/h2-4,13H,1,5H2,(H,14,15). The van der Waals surface area contributed by atoms with E-state index in [1.54, 1.807) is 0 Å². The summed E-state index contributed by atoms with van der Waals surface area (Å²) in [6, 6.07) is 3.46. The lowest BCUT2D eigenvalue weighted by atomic mass is 10.1. The van der Waals surface area contributed by atoms with Gasteiger partial charge in [-0.25, -0.2) is 9.18 Å². The average molecular weight is 230 g/mol. The van der Waals surface area contributed by atoms with E-state index in [1.165, 1.54) is 12.1 Å². The van der Waals surface area contributed by atoms with Gasteiger partial charge in [-0.2, -0.15) is 0 Å². The van der Waals surface area contributed by atoms with Crippen molar-refractivity contribution in [2.24, 2.45) is 0 Å². The number of hydrogen-bond donors (Lipinski definition) is 2. The summed E-state index contributed by atoms with van der Waals surface area (Å²) >= 11 is 5.51. The summed E-state index contributed by atoms with van der Waals surface area (Å²) in [6.07, 6.45) is 0. The van der Waals surface area contributed by atoms with Crippen molar-refractivity contribution in [2.45, 2.75) is 0 Å². The van der Waals surface area contributed by atoms with E-state index < -0.39 is 11.8 Å². The monoisotopic (exact) mass is 229 g/mol. The van der Waals surface area contributed by atoms with Gasteiger partial charge in [-0.15, -0.1) is 0 Å². The molecule has 0 aliphatic rings. The number of carbonyl (C=O) groups is 1. The smallest absolute Gasteiger partial charge is 0.337 e. The molecule has 0 heterocycles. The van der Waals surface area contributed by atoms with Crippen molar-refractivity contribution in [3.63, 3.8) is 0 Å². The van der Waals surface area contributed by atoms with Crippen LogP contribution in [0, 0.1) is 5.82 Å². The van der Waals surface area contributed by atoms with E-state index in [4.69, 9.17) is 16.7 Å². The van der Waals surface area contributed by atoms with Crippen LogP contribution in [-0.4, -0.2) is 17.6 Å². The molecule has 80 valence electrons. The molecule has 0 saturated heterocycles. The summed E-state index contributed by atoms with van der Waals surface area (Å²) in [5.74, 6) is -1.79. The normalized spacial score (nSPS) is 9.73. The highest BCUT2D eigenvalue weighted by molar-refractivity contribution is 6.29. The van der Waals surface area contributed by atoms with Gasteiger partial charge in [0.25, 0.3) is 0 Å². The van der Waals surface area contributed by atoms with E-state index >= 15 is 0 Å². The maximum Gasteiger partial charge on any atom is 0.337 e. The molecule has 2 N–H and O–H groups in total.